The molecule has 0 radical (unpaired) electrons. The maximum absolute atomic E-state index is 3.67. The van der Waals surface area contributed by atoms with Crippen LogP contribution in [0, 0.1) is 6.92 Å². The second kappa shape index (κ2) is 4.85. The summed E-state index contributed by atoms with van der Waals surface area (Å²) in [6.07, 6.45) is 4.58. The van der Waals surface area contributed by atoms with E-state index in [-0.39, 0.29) is 0 Å². The molecule has 0 bridgehead atoms. The van der Waals surface area contributed by atoms with E-state index in [4.69, 9.17) is 0 Å². The number of hydrogen-bond donors (Lipinski definition) is 0. The van der Waals surface area contributed by atoms with Gasteiger partial charge in [0, 0.05) is 10.4 Å². The van der Waals surface area contributed by atoms with Crippen LogP contribution in [0.4, 0.5) is 0 Å². The largest absolute Gasteiger partial charge is 0.0720 e. The minimum absolute atomic E-state index is 0.351. The van der Waals surface area contributed by atoms with Crippen molar-refractivity contribution in [2.45, 2.75) is 12.8 Å². The Morgan fingerprint density at radius 1 is 0.905 bits per heavy atom. The summed E-state index contributed by atoms with van der Waals surface area (Å²) in [7, 11) is 0. The summed E-state index contributed by atoms with van der Waals surface area (Å²) in [6.45, 7) is 2.20. The van der Waals surface area contributed by atoms with Gasteiger partial charge in [0.25, 0.3) is 0 Å². The fourth-order valence-electron chi connectivity index (χ4n) is 3.36. The van der Waals surface area contributed by atoms with Crippen LogP contribution in [0.25, 0.3) is 16.8 Å². The molecule has 102 valence electrons. The molecule has 0 aromatic heterocycles. The van der Waals surface area contributed by atoms with E-state index in [1.165, 1.54) is 37.5 Å². The van der Waals surface area contributed by atoms with Gasteiger partial charge >= 0.3 is 0 Å². The molecule has 0 saturated carbocycles. The van der Waals surface area contributed by atoms with Crippen LogP contribution in [0.5, 0.6) is 0 Å². The van der Waals surface area contributed by atoms with Crippen molar-refractivity contribution >= 4 is 32.8 Å². The van der Waals surface area contributed by atoms with Gasteiger partial charge in [-0.1, -0.05) is 76.6 Å². The summed E-state index contributed by atoms with van der Waals surface area (Å²) in [5.41, 5.74) is 5.51. The SMILES string of the molecule is Cc1c(Br)ccc2c1C(c1cccc3ccccc13)C=C2. The second-order valence-corrected chi connectivity index (χ2v) is 6.43. The normalized spacial score (nSPS) is 16.4. The third-order valence-electron chi connectivity index (χ3n) is 4.42. The summed E-state index contributed by atoms with van der Waals surface area (Å²) in [6, 6.07) is 19.6. The summed E-state index contributed by atoms with van der Waals surface area (Å²) in [4.78, 5) is 0. The molecule has 0 aliphatic heterocycles. The molecule has 1 aliphatic rings. The zero-order valence-corrected chi connectivity index (χ0v) is 13.4. The molecule has 0 heterocycles. The van der Waals surface area contributed by atoms with E-state index in [2.05, 4.69) is 89.6 Å². The van der Waals surface area contributed by atoms with E-state index in [0.717, 1.165) is 0 Å². The first kappa shape index (κ1) is 12.8. The van der Waals surface area contributed by atoms with Crippen molar-refractivity contribution in [1.82, 2.24) is 0 Å². The van der Waals surface area contributed by atoms with Crippen LogP contribution in [0.1, 0.15) is 28.2 Å². The van der Waals surface area contributed by atoms with Crippen LogP contribution in [-0.2, 0) is 0 Å². The first-order chi connectivity index (χ1) is 10.3. The zero-order chi connectivity index (χ0) is 14.4. The molecule has 1 heteroatoms. The molecule has 0 amide bonds. The Bertz CT molecular complexity index is 869. The van der Waals surface area contributed by atoms with Crippen LogP contribution in [0.2, 0.25) is 0 Å². The standard InChI is InChI=1S/C20H15Br/c1-13-19(21)12-10-15-9-11-18(20(13)15)17-8-4-6-14-5-2-3-7-16(14)17/h2-12,18H,1H3. The van der Waals surface area contributed by atoms with Gasteiger partial charge in [0.15, 0.2) is 0 Å². The van der Waals surface area contributed by atoms with Crippen LogP contribution in [0.3, 0.4) is 0 Å². The van der Waals surface area contributed by atoms with Gasteiger partial charge < -0.3 is 0 Å². The predicted molar refractivity (Wildman–Crippen MR) is 93.7 cm³/mol. The molecule has 0 fully saturated rings. The van der Waals surface area contributed by atoms with Gasteiger partial charge in [0.05, 0.1) is 0 Å². The van der Waals surface area contributed by atoms with Gasteiger partial charge in [-0.25, -0.2) is 0 Å². The molecule has 0 saturated heterocycles. The molecule has 0 nitrogen and oxygen atoms in total. The van der Waals surface area contributed by atoms with E-state index >= 15 is 0 Å². The van der Waals surface area contributed by atoms with Crippen LogP contribution in [0.15, 0.2) is 65.1 Å². The number of halogens is 1. The molecule has 1 atom stereocenters. The minimum Gasteiger partial charge on any atom is -0.0720 e. The Labute approximate surface area is 133 Å². The van der Waals surface area contributed by atoms with Crippen molar-refractivity contribution < 1.29 is 0 Å². The first-order valence-corrected chi connectivity index (χ1v) is 8.00. The number of benzene rings is 3. The lowest BCUT2D eigenvalue weighted by Gasteiger charge is -2.17. The lowest BCUT2D eigenvalue weighted by atomic mass is 9.87. The molecule has 1 unspecified atom stereocenters. The van der Waals surface area contributed by atoms with E-state index in [1.807, 2.05) is 0 Å². The van der Waals surface area contributed by atoms with Crippen molar-refractivity contribution in [2.75, 3.05) is 0 Å². The van der Waals surface area contributed by atoms with E-state index in [0.29, 0.717) is 5.92 Å². The number of hydrogen-bond acceptors (Lipinski definition) is 0. The molecule has 3 aromatic rings. The van der Waals surface area contributed by atoms with Gasteiger partial charge in [-0.2, -0.15) is 0 Å². The zero-order valence-electron chi connectivity index (χ0n) is 11.8. The molecule has 0 spiro atoms. The average Bonchev–Trinajstić information content (AvgIpc) is 2.95. The molecule has 4 rings (SSSR count). The summed E-state index contributed by atoms with van der Waals surface area (Å²) in [5.74, 6) is 0.351. The fraction of sp³-hybridized carbons (Fsp3) is 0.100. The number of allylic oxidation sites excluding steroid dienone is 1. The van der Waals surface area contributed by atoms with Crippen LogP contribution in [-0.4, -0.2) is 0 Å². The Kier molecular flexibility index (Phi) is 2.97. The van der Waals surface area contributed by atoms with Gasteiger partial charge in [-0.15, -0.1) is 0 Å². The Morgan fingerprint density at radius 3 is 2.62 bits per heavy atom. The van der Waals surface area contributed by atoms with Crippen molar-refractivity contribution in [3.8, 4) is 0 Å². The highest BCUT2D eigenvalue weighted by atomic mass is 79.9. The third-order valence-corrected chi connectivity index (χ3v) is 5.28. The van der Waals surface area contributed by atoms with E-state index in [9.17, 15) is 0 Å². The molecule has 21 heavy (non-hydrogen) atoms. The maximum Gasteiger partial charge on any atom is 0.0287 e. The van der Waals surface area contributed by atoms with E-state index < -0.39 is 0 Å². The minimum atomic E-state index is 0.351. The molecule has 1 aliphatic carbocycles. The summed E-state index contributed by atoms with van der Waals surface area (Å²) in [5, 5.41) is 2.66. The lowest BCUT2D eigenvalue weighted by molar-refractivity contribution is 1.04. The van der Waals surface area contributed by atoms with Crippen molar-refractivity contribution in [3.63, 3.8) is 0 Å². The highest BCUT2D eigenvalue weighted by Gasteiger charge is 2.23. The van der Waals surface area contributed by atoms with Crippen LogP contribution < -0.4 is 0 Å². The summed E-state index contributed by atoms with van der Waals surface area (Å²) < 4.78 is 1.19. The maximum atomic E-state index is 3.67. The topological polar surface area (TPSA) is 0 Å². The smallest absolute Gasteiger partial charge is 0.0287 e. The van der Waals surface area contributed by atoms with Crippen LogP contribution >= 0.6 is 15.9 Å². The molecule has 0 N–H and O–H groups in total. The quantitative estimate of drug-likeness (QED) is 0.506. The Hall–Kier alpha value is -1.86. The Morgan fingerprint density at radius 2 is 1.71 bits per heavy atom. The first-order valence-electron chi connectivity index (χ1n) is 7.20. The van der Waals surface area contributed by atoms with Gasteiger partial charge in [-0.3, -0.25) is 0 Å². The number of fused-ring (bicyclic) bond motifs is 2. The third kappa shape index (κ3) is 1.96. The monoisotopic (exact) mass is 334 g/mol. The number of rotatable bonds is 1. The predicted octanol–water partition coefficient (Wildman–Crippen LogP) is 6.07. The fourth-order valence-corrected chi connectivity index (χ4v) is 3.70. The van der Waals surface area contributed by atoms with Crippen molar-refractivity contribution in [1.29, 1.82) is 0 Å². The highest BCUT2D eigenvalue weighted by Crippen LogP contribution is 2.41. The summed E-state index contributed by atoms with van der Waals surface area (Å²) >= 11 is 3.67. The highest BCUT2D eigenvalue weighted by molar-refractivity contribution is 9.10. The van der Waals surface area contributed by atoms with E-state index in [1.54, 1.807) is 0 Å². The van der Waals surface area contributed by atoms with Gasteiger partial charge in [-0.05, 0) is 46.0 Å². The molecular formula is C20H15Br. The lowest BCUT2D eigenvalue weighted by Crippen LogP contribution is -2.00. The van der Waals surface area contributed by atoms with Gasteiger partial charge in [0.1, 0.15) is 0 Å². The van der Waals surface area contributed by atoms with Crippen molar-refractivity contribution in [2.24, 2.45) is 0 Å². The van der Waals surface area contributed by atoms with Crippen molar-refractivity contribution in [3.05, 3.63) is 87.4 Å². The molecule has 3 aromatic carbocycles. The molecular weight excluding hydrogens is 320 g/mol. The Balaban J connectivity index is 1.98. The second-order valence-electron chi connectivity index (χ2n) is 5.58. The average molecular weight is 335 g/mol. The van der Waals surface area contributed by atoms with Gasteiger partial charge in [0.2, 0.25) is 0 Å².